The van der Waals surface area contributed by atoms with E-state index in [2.05, 4.69) is 36.1 Å². The van der Waals surface area contributed by atoms with E-state index in [0.717, 1.165) is 29.5 Å². The number of nitrogens with one attached hydrogen (secondary N) is 2. The molecule has 2 aromatic heterocycles. The number of alkyl halides is 2. The average Bonchev–Trinajstić information content (AvgIpc) is 3.02. The van der Waals surface area contributed by atoms with Gasteiger partial charge in [0.25, 0.3) is 5.92 Å². The van der Waals surface area contributed by atoms with Gasteiger partial charge in [-0.25, -0.2) is 13.8 Å². The monoisotopic (exact) mass is 449 g/mol. The number of carbonyl (C=O) groups is 1. The third-order valence-corrected chi connectivity index (χ3v) is 5.38. The summed E-state index contributed by atoms with van der Waals surface area (Å²) in [6.07, 6.45) is 4.83. The van der Waals surface area contributed by atoms with Gasteiger partial charge in [-0.2, -0.15) is 0 Å². The molecule has 0 radical (unpaired) electrons. The zero-order valence-corrected chi connectivity index (χ0v) is 16.2. The number of nitrogens with two attached hydrogens (primary N) is 1. The summed E-state index contributed by atoms with van der Waals surface area (Å²) < 4.78 is 27.1. The number of H-pyrrole nitrogens is 1. The van der Waals surface area contributed by atoms with Crippen LogP contribution in [0.15, 0.2) is 16.9 Å². The number of hydrogen-bond acceptors (Lipinski definition) is 4. The number of hydrogen-bond donors (Lipinski definition) is 3. The van der Waals surface area contributed by atoms with Crippen LogP contribution < -0.4 is 16.0 Å². The van der Waals surface area contributed by atoms with Gasteiger partial charge in [-0.1, -0.05) is 0 Å². The van der Waals surface area contributed by atoms with Crippen LogP contribution in [0.5, 0.6) is 0 Å². The smallest absolute Gasteiger partial charge is 0.260 e. The first-order valence-corrected chi connectivity index (χ1v) is 9.01. The number of halogens is 4. The second kappa shape index (κ2) is 6.94. The van der Waals surface area contributed by atoms with E-state index < -0.39 is 24.2 Å². The van der Waals surface area contributed by atoms with Gasteiger partial charge in [-0.05, 0) is 28.8 Å². The SMILES string of the molecule is Cl.N[C@@H]1CCCN(c2c(Br)cnc3[nH]cc(NC(=O)C4CC4(F)F)c23)C1. The van der Waals surface area contributed by atoms with Crippen LogP contribution in [0.25, 0.3) is 11.0 Å². The molecular formula is C16H19BrClF2N5O. The van der Waals surface area contributed by atoms with E-state index >= 15 is 0 Å². The average molecular weight is 451 g/mol. The Morgan fingerprint density at radius 3 is 2.88 bits per heavy atom. The molecule has 4 N–H and O–H groups in total. The molecule has 1 amide bonds. The minimum absolute atomic E-state index is 0. The molecule has 10 heteroatoms. The molecule has 2 atom stereocenters. The van der Waals surface area contributed by atoms with Gasteiger partial charge in [0.1, 0.15) is 11.6 Å². The maximum Gasteiger partial charge on any atom is 0.260 e. The van der Waals surface area contributed by atoms with Crippen LogP contribution in [0.1, 0.15) is 19.3 Å². The Bertz CT molecular complexity index is 845. The largest absolute Gasteiger partial charge is 0.368 e. The number of carbonyl (C=O) groups excluding carboxylic acids is 1. The number of rotatable bonds is 3. The van der Waals surface area contributed by atoms with Crippen LogP contribution in [0, 0.1) is 5.92 Å². The molecule has 4 rings (SSSR count). The molecule has 2 aromatic rings. The van der Waals surface area contributed by atoms with Gasteiger partial charge in [0.15, 0.2) is 0 Å². The number of pyridine rings is 1. The van der Waals surface area contributed by atoms with Crippen molar-refractivity contribution in [2.45, 2.75) is 31.2 Å². The molecule has 6 nitrogen and oxygen atoms in total. The van der Waals surface area contributed by atoms with E-state index in [9.17, 15) is 13.6 Å². The second-order valence-corrected chi connectivity index (χ2v) is 7.59. The summed E-state index contributed by atoms with van der Waals surface area (Å²) in [5.74, 6) is -4.80. The minimum atomic E-state index is -2.89. The highest BCUT2D eigenvalue weighted by Gasteiger charge is 2.61. The highest BCUT2D eigenvalue weighted by Crippen LogP contribution is 2.49. The van der Waals surface area contributed by atoms with Crippen molar-refractivity contribution in [1.29, 1.82) is 0 Å². The molecule has 0 aromatic carbocycles. The maximum absolute atomic E-state index is 13.2. The van der Waals surface area contributed by atoms with Crippen molar-refractivity contribution >= 4 is 56.7 Å². The predicted octanol–water partition coefficient (Wildman–Crippen LogP) is 3.27. The van der Waals surface area contributed by atoms with E-state index in [0.29, 0.717) is 23.3 Å². The number of nitrogens with zero attached hydrogens (tertiary/aromatic N) is 2. The summed E-state index contributed by atoms with van der Waals surface area (Å²) >= 11 is 3.53. The van der Waals surface area contributed by atoms with Gasteiger partial charge in [0, 0.05) is 37.9 Å². The Hall–Kier alpha value is -1.45. The maximum atomic E-state index is 13.2. The Balaban J connectivity index is 0.00000196. The van der Waals surface area contributed by atoms with Gasteiger partial charge < -0.3 is 20.9 Å². The Kier molecular flexibility index (Phi) is 5.15. The van der Waals surface area contributed by atoms with Gasteiger partial charge >= 0.3 is 0 Å². The van der Waals surface area contributed by atoms with Crippen molar-refractivity contribution in [3.05, 3.63) is 16.9 Å². The molecule has 2 aliphatic rings. The fourth-order valence-corrected chi connectivity index (χ4v) is 3.95. The first-order chi connectivity index (χ1) is 11.9. The quantitative estimate of drug-likeness (QED) is 0.670. The standard InChI is InChI=1S/C16H18BrF2N5O.ClH/c17-10-5-21-14-12(13(10)24-3-1-2-8(20)7-24)11(6-22-14)23-15(25)9-4-16(9,18)19;/h5-6,8-9H,1-4,7,20H2,(H,21,22)(H,23,25);1H/t8-,9?;/m1./s1. The van der Waals surface area contributed by atoms with Gasteiger partial charge in [-0.15, -0.1) is 12.4 Å². The lowest BCUT2D eigenvalue weighted by Crippen LogP contribution is -2.43. The van der Waals surface area contributed by atoms with Crippen LogP contribution in [0.4, 0.5) is 20.2 Å². The minimum Gasteiger partial charge on any atom is -0.368 e. The van der Waals surface area contributed by atoms with Gasteiger partial charge in [-0.3, -0.25) is 4.79 Å². The summed E-state index contributed by atoms with van der Waals surface area (Å²) in [4.78, 5) is 21.5. The highest BCUT2D eigenvalue weighted by atomic mass is 79.9. The normalized spacial score (nSPS) is 24.2. The lowest BCUT2D eigenvalue weighted by Gasteiger charge is -2.33. The number of fused-ring (bicyclic) bond motifs is 1. The Labute approximate surface area is 163 Å². The summed E-state index contributed by atoms with van der Waals surface area (Å²) in [5.41, 5.74) is 8.03. The lowest BCUT2D eigenvalue weighted by atomic mass is 10.1. The van der Waals surface area contributed by atoms with E-state index in [1.54, 1.807) is 12.4 Å². The van der Waals surface area contributed by atoms with Crippen molar-refractivity contribution < 1.29 is 13.6 Å². The van der Waals surface area contributed by atoms with Crippen molar-refractivity contribution in [2.24, 2.45) is 11.7 Å². The van der Waals surface area contributed by atoms with Crippen molar-refractivity contribution in [1.82, 2.24) is 9.97 Å². The highest BCUT2D eigenvalue weighted by molar-refractivity contribution is 9.10. The van der Waals surface area contributed by atoms with Crippen LogP contribution in [0.2, 0.25) is 0 Å². The number of aromatic nitrogens is 2. The van der Waals surface area contributed by atoms with Crippen molar-refractivity contribution in [2.75, 3.05) is 23.3 Å². The number of piperidine rings is 1. The first kappa shape index (κ1) is 19.3. The molecule has 1 unspecified atom stereocenters. The third kappa shape index (κ3) is 3.39. The molecule has 3 heterocycles. The number of anilines is 2. The van der Waals surface area contributed by atoms with Crippen LogP contribution >= 0.6 is 28.3 Å². The molecule has 142 valence electrons. The van der Waals surface area contributed by atoms with Crippen LogP contribution in [-0.2, 0) is 4.79 Å². The van der Waals surface area contributed by atoms with Crippen LogP contribution in [-0.4, -0.2) is 40.9 Å². The Morgan fingerprint density at radius 2 is 2.23 bits per heavy atom. The summed E-state index contributed by atoms with van der Waals surface area (Å²) in [6.45, 7) is 1.53. The summed E-state index contributed by atoms with van der Waals surface area (Å²) in [7, 11) is 0. The molecule has 1 aliphatic carbocycles. The van der Waals surface area contributed by atoms with Crippen molar-refractivity contribution in [3.8, 4) is 0 Å². The lowest BCUT2D eigenvalue weighted by molar-refractivity contribution is -0.119. The van der Waals surface area contributed by atoms with Crippen molar-refractivity contribution in [3.63, 3.8) is 0 Å². The van der Waals surface area contributed by atoms with E-state index in [1.165, 1.54) is 0 Å². The molecule has 1 saturated heterocycles. The summed E-state index contributed by atoms with van der Waals surface area (Å²) in [6, 6.07) is 0.0750. The predicted molar refractivity (Wildman–Crippen MR) is 102 cm³/mol. The summed E-state index contributed by atoms with van der Waals surface area (Å²) in [5, 5.41) is 3.34. The Morgan fingerprint density at radius 1 is 1.50 bits per heavy atom. The molecule has 1 saturated carbocycles. The third-order valence-electron chi connectivity index (χ3n) is 4.80. The molecular weight excluding hydrogens is 432 g/mol. The van der Waals surface area contributed by atoms with E-state index in [1.807, 2.05) is 0 Å². The topological polar surface area (TPSA) is 87.0 Å². The molecule has 26 heavy (non-hydrogen) atoms. The fourth-order valence-electron chi connectivity index (χ4n) is 3.39. The van der Waals surface area contributed by atoms with Crippen LogP contribution in [0.3, 0.4) is 0 Å². The van der Waals surface area contributed by atoms with Gasteiger partial charge in [0.05, 0.1) is 21.2 Å². The molecule has 0 bridgehead atoms. The second-order valence-electron chi connectivity index (χ2n) is 6.74. The number of amides is 1. The van der Waals surface area contributed by atoms with E-state index in [-0.39, 0.29) is 18.4 Å². The van der Waals surface area contributed by atoms with E-state index in [4.69, 9.17) is 5.73 Å². The number of aromatic amines is 1. The first-order valence-electron chi connectivity index (χ1n) is 8.21. The molecule has 2 fully saturated rings. The molecule has 1 aliphatic heterocycles. The molecule has 0 spiro atoms. The van der Waals surface area contributed by atoms with Gasteiger partial charge in [0.2, 0.25) is 5.91 Å². The fraction of sp³-hybridized carbons (Fsp3) is 0.500. The zero-order chi connectivity index (χ0) is 17.8. The zero-order valence-electron chi connectivity index (χ0n) is 13.8.